The summed E-state index contributed by atoms with van der Waals surface area (Å²) < 4.78 is 10.9. The van der Waals surface area contributed by atoms with Crippen LogP contribution in [0.15, 0.2) is 16.8 Å². The van der Waals surface area contributed by atoms with E-state index in [-0.39, 0.29) is 12.0 Å². The number of carbonyl (C=O) groups is 1. The largest absolute Gasteiger partial charge is 0.494 e. The second-order valence-electron chi connectivity index (χ2n) is 4.53. The van der Waals surface area contributed by atoms with Gasteiger partial charge in [0, 0.05) is 19.5 Å². The molecule has 1 fully saturated rings. The van der Waals surface area contributed by atoms with Crippen molar-refractivity contribution in [3.8, 4) is 0 Å². The number of hydrogen-bond donors (Lipinski definition) is 0. The summed E-state index contributed by atoms with van der Waals surface area (Å²) in [5.74, 6) is 0.831. The lowest BCUT2D eigenvalue weighted by atomic mass is 10.1. The molecule has 5 heteroatoms. The van der Waals surface area contributed by atoms with Crippen molar-refractivity contribution in [1.29, 1.82) is 0 Å². The standard InChI is InChI=1S/C12H16N2O3/c15-12(14-5-1-2-6-14)10-11(17-8-13-10)9-4-3-7-16-9/h4,8,10-11H,1-3,5-7H2. The van der Waals surface area contributed by atoms with Gasteiger partial charge >= 0.3 is 0 Å². The number of ether oxygens (including phenoxy) is 2. The van der Waals surface area contributed by atoms with Crippen LogP contribution in [-0.2, 0) is 14.3 Å². The van der Waals surface area contributed by atoms with Gasteiger partial charge < -0.3 is 14.4 Å². The molecule has 0 aromatic heterocycles. The number of likely N-dealkylation sites (tertiary alicyclic amines) is 1. The van der Waals surface area contributed by atoms with Gasteiger partial charge in [-0.05, 0) is 18.9 Å². The number of hydrogen-bond acceptors (Lipinski definition) is 4. The number of amides is 1. The fraction of sp³-hybridized carbons (Fsp3) is 0.667. The highest BCUT2D eigenvalue weighted by Gasteiger charge is 2.40. The SMILES string of the molecule is O=C(C1N=COC1C1=CCCO1)N1CCCC1. The van der Waals surface area contributed by atoms with Crippen LogP contribution in [0.1, 0.15) is 19.3 Å². The van der Waals surface area contributed by atoms with Crippen LogP contribution in [0.4, 0.5) is 0 Å². The zero-order valence-electron chi connectivity index (χ0n) is 9.67. The first kappa shape index (κ1) is 10.6. The van der Waals surface area contributed by atoms with Crippen molar-refractivity contribution in [2.75, 3.05) is 19.7 Å². The van der Waals surface area contributed by atoms with E-state index in [1.807, 2.05) is 11.0 Å². The van der Waals surface area contributed by atoms with Gasteiger partial charge in [-0.3, -0.25) is 4.79 Å². The third-order valence-corrected chi connectivity index (χ3v) is 3.40. The molecule has 0 aromatic carbocycles. The molecule has 0 bridgehead atoms. The first-order chi connectivity index (χ1) is 8.36. The summed E-state index contributed by atoms with van der Waals surface area (Å²) >= 11 is 0. The molecule has 3 aliphatic rings. The molecule has 0 saturated carbocycles. The second-order valence-corrected chi connectivity index (χ2v) is 4.53. The molecule has 17 heavy (non-hydrogen) atoms. The average Bonchev–Trinajstić information content (AvgIpc) is 3.09. The number of carbonyl (C=O) groups excluding carboxylic acids is 1. The summed E-state index contributed by atoms with van der Waals surface area (Å²) in [6.07, 6.45) is 6.10. The molecule has 3 rings (SSSR count). The summed E-state index contributed by atoms with van der Waals surface area (Å²) in [7, 11) is 0. The van der Waals surface area contributed by atoms with Crippen LogP contribution >= 0.6 is 0 Å². The minimum atomic E-state index is -0.447. The zero-order valence-corrected chi connectivity index (χ0v) is 9.67. The van der Waals surface area contributed by atoms with E-state index in [0.29, 0.717) is 6.61 Å². The van der Waals surface area contributed by atoms with Crippen LogP contribution in [0.5, 0.6) is 0 Å². The number of rotatable bonds is 2. The highest BCUT2D eigenvalue weighted by atomic mass is 16.5. The van der Waals surface area contributed by atoms with Crippen LogP contribution in [0.2, 0.25) is 0 Å². The summed E-state index contributed by atoms with van der Waals surface area (Å²) in [5, 5.41) is 0. The summed E-state index contributed by atoms with van der Waals surface area (Å²) in [4.78, 5) is 18.3. The summed E-state index contributed by atoms with van der Waals surface area (Å²) in [6.45, 7) is 2.37. The second kappa shape index (κ2) is 4.39. The van der Waals surface area contributed by atoms with Crippen molar-refractivity contribution in [1.82, 2.24) is 4.90 Å². The van der Waals surface area contributed by atoms with Gasteiger partial charge in [0.05, 0.1) is 6.61 Å². The molecule has 2 unspecified atom stereocenters. The Kier molecular flexibility index (Phi) is 2.74. The smallest absolute Gasteiger partial charge is 0.251 e. The van der Waals surface area contributed by atoms with Gasteiger partial charge in [0.15, 0.2) is 18.5 Å². The van der Waals surface area contributed by atoms with Crippen molar-refractivity contribution in [2.45, 2.75) is 31.4 Å². The van der Waals surface area contributed by atoms with E-state index in [2.05, 4.69) is 4.99 Å². The Bertz CT molecular complexity index is 372. The van der Waals surface area contributed by atoms with E-state index in [1.165, 1.54) is 6.40 Å². The van der Waals surface area contributed by atoms with E-state index in [9.17, 15) is 4.79 Å². The van der Waals surface area contributed by atoms with E-state index in [1.54, 1.807) is 0 Å². The molecular formula is C12H16N2O3. The topological polar surface area (TPSA) is 51.1 Å². The Labute approximate surface area is 100 Å². The molecule has 1 saturated heterocycles. The van der Waals surface area contributed by atoms with E-state index in [0.717, 1.165) is 38.1 Å². The number of aliphatic imine (C=N–C) groups is 1. The Morgan fingerprint density at radius 3 is 2.94 bits per heavy atom. The fourth-order valence-electron chi connectivity index (χ4n) is 2.49. The fourth-order valence-corrected chi connectivity index (χ4v) is 2.49. The van der Waals surface area contributed by atoms with E-state index in [4.69, 9.17) is 9.47 Å². The molecule has 0 spiro atoms. The van der Waals surface area contributed by atoms with Gasteiger partial charge in [-0.15, -0.1) is 0 Å². The molecule has 5 nitrogen and oxygen atoms in total. The molecule has 3 aliphatic heterocycles. The zero-order chi connectivity index (χ0) is 11.7. The predicted octanol–water partition coefficient (Wildman–Crippen LogP) is 0.709. The van der Waals surface area contributed by atoms with Crippen LogP contribution in [0.25, 0.3) is 0 Å². The van der Waals surface area contributed by atoms with Crippen LogP contribution in [0, 0.1) is 0 Å². The molecule has 0 N–H and O–H groups in total. The molecule has 2 atom stereocenters. The third kappa shape index (κ3) is 1.90. The molecular weight excluding hydrogens is 220 g/mol. The Hall–Kier alpha value is -1.52. The van der Waals surface area contributed by atoms with E-state index < -0.39 is 6.04 Å². The molecule has 0 radical (unpaired) electrons. The first-order valence-electron chi connectivity index (χ1n) is 6.15. The van der Waals surface area contributed by atoms with Gasteiger partial charge in [0.1, 0.15) is 5.76 Å². The van der Waals surface area contributed by atoms with Gasteiger partial charge in [0.25, 0.3) is 5.91 Å². The third-order valence-electron chi connectivity index (χ3n) is 3.40. The molecule has 0 aliphatic carbocycles. The van der Waals surface area contributed by atoms with Crippen molar-refractivity contribution < 1.29 is 14.3 Å². The average molecular weight is 236 g/mol. The van der Waals surface area contributed by atoms with Gasteiger partial charge in [-0.25, -0.2) is 4.99 Å². The Balaban J connectivity index is 1.72. The molecule has 1 amide bonds. The van der Waals surface area contributed by atoms with Crippen molar-refractivity contribution in [3.63, 3.8) is 0 Å². The highest BCUT2D eigenvalue weighted by molar-refractivity contribution is 5.85. The summed E-state index contributed by atoms with van der Waals surface area (Å²) in [6, 6.07) is -0.447. The number of nitrogens with zero attached hydrogens (tertiary/aromatic N) is 2. The molecule has 0 aromatic rings. The maximum atomic E-state index is 12.3. The van der Waals surface area contributed by atoms with Gasteiger partial charge in [-0.1, -0.05) is 0 Å². The Morgan fingerprint density at radius 1 is 1.41 bits per heavy atom. The highest BCUT2D eigenvalue weighted by Crippen LogP contribution is 2.25. The molecule has 92 valence electrons. The van der Waals surface area contributed by atoms with Crippen molar-refractivity contribution in [3.05, 3.63) is 11.8 Å². The maximum Gasteiger partial charge on any atom is 0.251 e. The monoisotopic (exact) mass is 236 g/mol. The van der Waals surface area contributed by atoms with Gasteiger partial charge in [-0.2, -0.15) is 0 Å². The Morgan fingerprint density at radius 2 is 2.24 bits per heavy atom. The van der Waals surface area contributed by atoms with Crippen molar-refractivity contribution in [2.24, 2.45) is 4.99 Å². The van der Waals surface area contributed by atoms with E-state index >= 15 is 0 Å². The van der Waals surface area contributed by atoms with Crippen LogP contribution in [-0.4, -0.2) is 49.0 Å². The lowest BCUT2D eigenvalue weighted by Gasteiger charge is -2.22. The minimum absolute atomic E-state index is 0.0673. The lowest BCUT2D eigenvalue weighted by molar-refractivity contribution is -0.132. The minimum Gasteiger partial charge on any atom is -0.494 e. The normalized spacial score (nSPS) is 31.3. The van der Waals surface area contributed by atoms with Crippen molar-refractivity contribution >= 4 is 12.3 Å². The van der Waals surface area contributed by atoms with Crippen LogP contribution < -0.4 is 0 Å². The maximum absolute atomic E-state index is 12.3. The first-order valence-corrected chi connectivity index (χ1v) is 6.15. The van der Waals surface area contributed by atoms with Gasteiger partial charge in [0.2, 0.25) is 0 Å². The summed E-state index contributed by atoms with van der Waals surface area (Å²) in [5.41, 5.74) is 0. The quantitative estimate of drug-likeness (QED) is 0.709. The lowest BCUT2D eigenvalue weighted by Crippen LogP contribution is -2.42. The van der Waals surface area contributed by atoms with Crippen LogP contribution in [0.3, 0.4) is 0 Å². The predicted molar refractivity (Wildman–Crippen MR) is 61.6 cm³/mol. The molecule has 3 heterocycles.